The Hall–Kier alpha value is -7.89. The van der Waals surface area contributed by atoms with Crippen molar-refractivity contribution in [1.29, 1.82) is 0 Å². The average molecular weight is 742 g/mol. The molecule has 0 aliphatic rings. The molecule has 0 radical (unpaired) electrons. The van der Waals surface area contributed by atoms with E-state index in [-0.39, 0.29) is 0 Å². The van der Waals surface area contributed by atoms with Crippen molar-refractivity contribution in [2.24, 2.45) is 0 Å². The van der Waals surface area contributed by atoms with Gasteiger partial charge in [0.25, 0.3) is 0 Å². The largest absolute Gasteiger partial charge is 0.316 e. The lowest BCUT2D eigenvalue weighted by Crippen LogP contribution is -2.00. The number of aromatic nitrogens is 5. The summed E-state index contributed by atoms with van der Waals surface area (Å²) in [5, 5.41) is 3.67. The van der Waals surface area contributed by atoms with E-state index in [2.05, 4.69) is 161 Å². The van der Waals surface area contributed by atoms with Crippen molar-refractivity contribution in [2.45, 2.75) is 0 Å². The minimum Gasteiger partial charge on any atom is -0.316 e. The monoisotopic (exact) mass is 741 g/mol. The van der Waals surface area contributed by atoms with Gasteiger partial charge in [-0.25, -0.2) is 15.0 Å². The first kappa shape index (κ1) is 33.4. The molecule has 0 aliphatic carbocycles. The number of benzene rings is 8. The summed E-state index contributed by atoms with van der Waals surface area (Å²) >= 11 is 0. The van der Waals surface area contributed by atoms with Crippen molar-refractivity contribution in [2.75, 3.05) is 0 Å². The first-order valence-corrected chi connectivity index (χ1v) is 19.5. The maximum absolute atomic E-state index is 4.99. The molecule has 0 spiro atoms. The Labute approximate surface area is 335 Å². The summed E-state index contributed by atoms with van der Waals surface area (Å²) in [5.41, 5.74) is 13.1. The van der Waals surface area contributed by atoms with E-state index < -0.39 is 0 Å². The minimum atomic E-state index is 0.637. The summed E-state index contributed by atoms with van der Waals surface area (Å²) in [5.74, 6) is 1.93. The summed E-state index contributed by atoms with van der Waals surface area (Å²) in [4.78, 5) is 14.9. The summed E-state index contributed by atoms with van der Waals surface area (Å²) in [7, 11) is 0. The Morgan fingerprint density at radius 1 is 0.293 bits per heavy atom. The zero-order valence-corrected chi connectivity index (χ0v) is 31.4. The van der Waals surface area contributed by atoms with Crippen LogP contribution in [0.4, 0.5) is 0 Å². The Morgan fingerprint density at radius 2 is 0.759 bits per heavy atom. The van der Waals surface area contributed by atoms with E-state index >= 15 is 0 Å². The maximum atomic E-state index is 4.99. The van der Waals surface area contributed by atoms with Crippen molar-refractivity contribution in [3.05, 3.63) is 212 Å². The highest BCUT2D eigenvalue weighted by molar-refractivity contribution is 6.14. The van der Waals surface area contributed by atoms with E-state index in [1.54, 1.807) is 0 Å². The molecule has 0 bridgehead atoms. The van der Waals surface area contributed by atoms with Gasteiger partial charge in [0.2, 0.25) is 0 Å². The molecule has 0 fully saturated rings. The lowest BCUT2D eigenvalue weighted by atomic mass is 9.97. The lowest BCUT2D eigenvalue weighted by Gasteiger charge is -2.11. The summed E-state index contributed by atoms with van der Waals surface area (Å²) in [6.07, 6.45) is 2.17. The Morgan fingerprint density at radius 3 is 1.36 bits per heavy atom. The predicted octanol–water partition coefficient (Wildman–Crippen LogP) is 13.2. The highest BCUT2D eigenvalue weighted by atomic mass is 15.0. The minimum absolute atomic E-state index is 0.637. The number of nitrogens with zero attached hydrogens (tertiary/aromatic N) is 5. The van der Waals surface area contributed by atoms with Crippen LogP contribution in [0.5, 0.6) is 0 Å². The smallest absolute Gasteiger partial charge is 0.164 e. The van der Waals surface area contributed by atoms with Crippen LogP contribution in [0.25, 0.3) is 101 Å². The third-order valence-corrected chi connectivity index (χ3v) is 11.0. The number of para-hydroxylation sites is 2. The maximum Gasteiger partial charge on any atom is 0.164 e. The van der Waals surface area contributed by atoms with Crippen molar-refractivity contribution in [1.82, 2.24) is 24.1 Å². The standard InChI is InChI=1S/C53H35N5/c1-5-15-36(16-6-1)51-54-52(37-17-7-2-8-18-37)56-53(55-51)43-22-14-21-40(32-43)38-19-13-20-39(31-38)41-27-28-46-47-33-42-29-30-57(44-23-9-3-10-24-44)48(42)35-50(47)58(49(46)34-41)45-25-11-4-12-26-45/h1-35H. The van der Waals surface area contributed by atoms with Crippen molar-refractivity contribution < 1.29 is 0 Å². The lowest BCUT2D eigenvalue weighted by molar-refractivity contribution is 1.07. The van der Waals surface area contributed by atoms with Crippen LogP contribution in [-0.4, -0.2) is 24.1 Å². The molecule has 272 valence electrons. The molecule has 0 atom stereocenters. The first-order chi connectivity index (χ1) is 28.7. The molecule has 58 heavy (non-hydrogen) atoms. The topological polar surface area (TPSA) is 48.5 Å². The summed E-state index contributed by atoms with van der Waals surface area (Å²) in [6.45, 7) is 0. The van der Waals surface area contributed by atoms with Gasteiger partial charge in [0.1, 0.15) is 0 Å². The second-order valence-electron chi connectivity index (χ2n) is 14.6. The van der Waals surface area contributed by atoms with Crippen molar-refractivity contribution >= 4 is 32.7 Å². The van der Waals surface area contributed by atoms with Crippen LogP contribution in [0.2, 0.25) is 0 Å². The average Bonchev–Trinajstić information content (AvgIpc) is 3.87. The quantitative estimate of drug-likeness (QED) is 0.163. The van der Waals surface area contributed by atoms with Crippen molar-refractivity contribution in [3.8, 4) is 67.8 Å². The van der Waals surface area contributed by atoms with Gasteiger partial charge in [-0.15, -0.1) is 0 Å². The second-order valence-corrected chi connectivity index (χ2v) is 14.6. The number of hydrogen-bond acceptors (Lipinski definition) is 3. The third-order valence-electron chi connectivity index (χ3n) is 11.0. The number of hydrogen-bond donors (Lipinski definition) is 0. The molecule has 11 aromatic rings. The van der Waals surface area contributed by atoms with Crippen LogP contribution in [-0.2, 0) is 0 Å². The highest BCUT2D eigenvalue weighted by Crippen LogP contribution is 2.38. The van der Waals surface area contributed by atoms with Crippen molar-refractivity contribution in [3.63, 3.8) is 0 Å². The third kappa shape index (κ3) is 5.94. The molecule has 8 aromatic carbocycles. The van der Waals surface area contributed by atoms with E-state index in [9.17, 15) is 0 Å². The van der Waals surface area contributed by atoms with Crippen LogP contribution >= 0.6 is 0 Å². The van der Waals surface area contributed by atoms with Gasteiger partial charge in [0.05, 0.1) is 16.6 Å². The molecule has 11 rings (SSSR count). The molecule has 0 unspecified atom stereocenters. The van der Waals surface area contributed by atoms with Crippen LogP contribution < -0.4 is 0 Å². The van der Waals surface area contributed by atoms with E-state index in [1.807, 2.05) is 60.7 Å². The molecule has 3 aromatic heterocycles. The van der Waals surface area contributed by atoms with Crippen LogP contribution in [0.1, 0.15) is 0 Å². The number of fused-ring (bicyclic) bond motifs is 4. The van der Waals surface area contributed by atoms with E-state index in [0.29, 0.717) is 17.5 Å². The molecule has 0 N–H and O–H groups in total. The van der Waals surface area contributed by atoms with Crippen LogP contribution in [0, 0.1) is 0 Å². The second kappa shape index (κ2) is 14.0. The normalized spacial score (nSPS) is 11.4. The SMILES string of the molecule is c1ccc(-c2nc(-c3ccccc3)nc(-c3cccc(-c4cccc(-c5ccc6c7cc8ccn(-c9ccccc9)c8cc7n(-c7ccccc7)c6c5)c4)c3)n2)cc1. The Kier molecular flexibility index (Phi) is 8.07. The molecule has 0 amide bonds. The zero-order chi connectivity index (χ0) is 38.4. The summed E-state index contributed by atoms with van der Waals surface area (Å²) < 4.78 is 4.68. The molecule has 0 aliphatic heterocycles. The molecular formula is C53H35N5. The van der Waals surface area contributed by atoms with Crippen LogP contribution in [0.3, 0.4) is 0 Å². The zero-order valence-electron chi connectivity index (χ0n) is 31.4. The van der Waals surface area contributed by atoms with Gasteiger partial charge in [-0.05, 0) is 82.9 Å². The van der Waals surface area contributed by atoms with Crippen LogP contribution in [0.15, 0.2) is 212 Å². The van der Waals surface area contributed by atoms with Gasteiger partial charge in [0.15, 0.2) is 17.5 Å². The van der Waals surface area contributed by atoms with Gasteiger partial charge in [-0.1, -0.05) is 146 Å². The Balaban J connectivity index is 1.02. The molecule has 3 heterocycles. The van der Waals surface area contributed by atoms with Gasteiger partial charge in [0, 0.05) is 50.4 Å². The Bertz CT molecular complexity index is 3200. The fourth-order valence-electron chi connectivity index (χ4n) is 8.15. The number of rotatable bonds is 7. The molecule has 0 saturated heterocycles. The van der Waals surface area contributed by atoms with E-state index in [1.165, 1.54) is 32.7 Å². The van der Waals surface area contributed by atoms with E-state index in [4.69, 9.17) is 15.0 Å². The van der Waals surface area contributed by atoms with Gasteiger partial charge in [-0.2, -0.15) is 0 Å². The molecule has 5 nitrogen and oxygen atoms in total. The van der Waals surface area contributed by atoms with E-state index in [0.717, 1.165) is 50.3 Å². The van der Waals surface area contributed by atoms with Gasteiger partial charge >= 0.3 is 0 Å². The molecule has 5 heteroatoms. The predicted molar refractivity (Wildman–Crippen MR) is 238 cm³/mol. The summed E-state index contributed by atoms with van der Waals surface area (Å²) in [6, 6.07) is 72.5. The fraction of sp³-hybridized carbons (Fsp3) is 0. The highest BCUT2D eigenvalue weighted by Gasteiger charge is 2.17. The van der Waals surface area contributed by atoms with Gasteiger partial charge < -0.3 is 9.13 Å². The fourth-order valence-corrected chi connectivity index (χ4v) is 8.15. The first-order valence-electron chi connectivity index (χ1n) is 19.5. The molecular weight excluding hydrogens is 707 g/mol. The van der Waals surface area contributed by atoms with Gasteiger partial charge in [-0.3, -0.25) is 0 Å². The molecule has 0 saturated carbocycles.